The van der Waals surface area contributed by atoms with Crippen molar-refractivity contribution in [1.29, 1.82) is 0 Å². The monoisotopic (exact) mass is 283 g/mol. The average molecular weight is 284 g/mol. The van der Waals surface area contributed by atoms with Crippen molar-refractivity contribution >= 4 is 28.9 Å². The Bertz CT molecular complexity index is 575. The number of benzene rings is 1. The van der Waals surface area contributed by atoms with Crippen LogP contribution in [0.1, 0.15) is 11.3 Å². The smallest absolute Gasteiger partial charge is 0.242 e. The number of hydrogen-bond donors (Lipinski definition) is 1. The Morgan fingerprint density at radius 3 is 2.78 bits per heavy atom. The highest BCUT2D eigenvalue weighted by Crippen LogP contribution is 2.24. The molecule has 0 aliphatic rings. The lowest BCUT2D eigenvalue weighted by molar-refractivity contribution is 0.295. The van der Waals surface area contributed by atoms with Gasteiger partial charge < -0.3 is 10.5 Å². The molecule has 94 valence electrons. The summed E-state index contributed by atoms with van der Waals surface area (Å²) < 4.78 is 5.52. The van der Waals surface area contributed by atoms with Crippen LogP contribution in [0.3, 0.4) is 0 Å². The summed E-state index contributed by atoms with van der Waals surface area (Å²) in [6.07, 6.45) is 0. The summed E-state index contributed by atoms with van der Waals surface area (Å²) in [5.74, 6) is 0.285. The van der Waals surface area contributed by atoms with Gasteiger partial charge in [-0.3, -0.25) is 0 Å². The topological polar surface area (TPSA) is 61.0 Å². The van der Waals surface area contributed by atoms with Crippen molar-refractivity contribution in [2.45, 2.75) is 13.5 Å². The van der Waals surface area contributed by atoms with E-state index < -0.39 is 0 Å². The van der Waals surface area contributed by atoms with Gasteiger partial charge in [0.15, 0.2) is 0 Å². The van der Waals surface area contributed by atoms with Gasteiger partial charge >= 0.3 is 0 Å². The summed E-state index contributed by atoms with van der Waals surface area (Å²) in [5, 5.41) is 0.767. The van der Waals surface area contributed by atoms with Gasteiger partial charge in [0.1, 0.15) is 12.3 Å². The van der Waals surface area contributed by atoms with Crippen LogP contribution in [0.15, 0.2) is 24.3 Å². The summed E-state index contributed by atoms with van der Waals surface area (Å²) in [6, 6.07) is 7.36. The fourth-order valence-corrected chi connectivity index (χ4v) is 1.83. The van der Waals surface area contributed by atoms with E-state index in [2.05, 4.69) is 9.97 Å². The van der Waals surface area contributed by atoms with Crippen molar-refractivity contribution in [1.82, 2.24) is 9.97 Å². The minimum absolute atomic E-state index is 0.114. The quantitative estimate of drug-likeness (QED) is 0.879. The number of anilines is 1. The maximum absolute atomic E-state index is 5.88. The number of aromatic nitrogens is 2. The van der Waals surface area contributed by atoms with Crippen LogP contribution in [0.4, 0.5) is 5.69 Å². The predicted molar refractivity (Wildman–Crippen MR) is 72.0 cm³/mol. The first-order valence-electron chi connectivity index (χ1n) is 5.23. The molecule has 0 spiro atoms. The van der Waals surface area contributed by atoms with Crippen LogP contribution in [-0.4, -0.2) is 9.97 Å². The number of hydrogen-bond acceptors (Lipinski definition) is 4. The zero-order chi connectivity index (χ0) is 13.1. The van der Waals surface area contributed by atoms with Crippen molar-refractivity contribution in [3.8, 4) is 5.88 Å². The molecule has 18 heavy (non-hydrogen) atoms. The lowest BCUT2D eigenvalue weighted by atomic mass is 10.2. The van der Waals surface area contributed by atoms with Gasteiger partial charge in [-0.2, -0.15) is 4.98 Å². The van der Waals surface area contributed by atoms with Crippen LogP contribution in [0.2, 0.25) is 10.3 Å². The molecule has 2 rings (SSSR count). The number of rotatable bonds is 3. The van der Waals surface area contributed by atoms with E-state index in [0.717, 1.165) is 5.56 Å². The van der Waals surface area contributed by atoms with E-state index >= 15 is 0 Å². The number of nitrogens with zero attached hydrogens (tertiary/aromatic N) is 2. The lowest BCUT2D eigenvalue weighted by Gasteiger charge is -2.09. The van der Waals surface area contributed by atoms with E-state index in [1.165, 1.54) is 0 Å². The normalized spacial score (nSPS) is 10.4. The second kappa shape index (κ2) is 5.42. The van der Waals surface area contributed by atoms with Crippen LogP contribution >= 0.6 is 23.2 Å². The van der Waals surface area contributed by atoms with Crippen molar-refractivity contribution in [2.75, 3.05) is 5.73 Å². The van der Waals surface area contributed by atoms with E-state index in [-0.39, 0.29) is 11.2 Å². The number of nitrogen functional groups attached to an aromatic ring is 1. The van der Waals surface area contributed by atoms with E-state index in [9.17, 15) is 0 Å². The van der Waals surface area contributed by atoms with Gasteiger partial charge in [-0.05, 0) is 36.2 Å². The Morgan fingerprint density at radius 2 is 2.06 bits per heavy atom. The maximum Gasteiger partial charge on any atom is 0.242 e. The Kier molecular flexibility index (Phi) is 3.89. The predicted octanol–water partition coefficient (Wildman–Crippen LogP) is 3.25. The molecule has 0 radical (unpaired) electrons. The molecule has 4 nitrogen and oxygen atoms in total. The van der Waals surface area contributed by atoms with Gasteiger partial charge in [-0.1, -0.05) is 23.7 Å². The zero-order valence-electron chi connectivity index (χ0n) is 9.65. The van der Waals surface area contributed by atoms with Gasteiger partial charge in [0, 0.05) is 5.02 Å². The zero-order valence-corrected chi connectivity index (χ0v) is 11.2. The third kappa shape index (κ3) is 3.03. The molecule has 2 aromatic rings. The summed E-state index contributed by atoms with van der Waals surface area (Å²) in [7, 11) is 0. The Labute approximate surface area is 115 Å². The lowest BCUT2D eigenvalue weighted by Crippen LogP contribution is -2.04. The van der Waals surface area contributed by atoms with Crippen LogP contribution in [0.5, 0.6) is 5.88 Å². The molecular formula is C12H11Cl2N3O. The minimum atomic E-state index is 0.114. The van der Waals surface area contributed by atoms with Gasteiger partial charge in [0.2, 0.25) is 11.2 Å². The molecule has 0 aliphatic carbocycles. The highest BCUT2D eigenvalue weighted by atomic mass is 35.5. The fraction of sp³-hybridized carbons (Fsp3) is 0.167. The highest BCUT2D eigenvalue weighted by Gasteiger charge is 2.09. The third-order valence-electron chi connectivity index (χ3n) is 2.34. The molecule has 0 atom stereocenters. The summed E-state index contributed by atoms with van der Waals surface area (Å²) in [6.45, 7) is 2.06. The first-order valence-corrected chi connectivity index (χ1v) is 5.98. The Hall–Kier alpha value is -1.52. The molecule has 0 amide bonds. The standard InChI is InChI=1S/C12H11Cl2N3O/c1-7-10(15)11(17-12(14)16-7)18-6-8-3-2-4-9(13)5-8/h2-5H,6,15H2,1H3. The summed E-state index contributed by atoms with van der Waals surface area (Å²) >= 11 is 11.6. The molecule has 1 heterocycles. The van der Waals surface area contributed by atoms with E-state index in [0.29, 0.717) is 23.0 Å². The molecule has 0 fully saturated rings. The van der Waals surface area contributed by atoms with Gasteiger partial charge in [0.25, 0.3) is 0 Å². The van der Waals surface area contributed by atoms with Crippen LogP contribution < -0.4 is 10.5 Å². The minimum Gasteiger partial charge on any atom is -0.471 e. The Balaban J connectivity index is 2.15. The number of ether oxygens (including phenoxy) is 1. The molecule has 0 saturated heterocycles. The third-order valence-corrected chi connectivity index (χ3v) is 2.74. The summed E-state index contributed by atoms with van der Waals surface area (Å²) in [5.41, 5.74) is 7.72. The van der Waals surface area contributed by atoms with E-state index in [1.807, 2.05) is 18.2 Å². The van der Waals surface area contributed by atoms with Crippen molar-refractivity contribution in [3.63, 3.8) is 0 Å². The van der Waals surface area contributed by atoms with Crippen LogP contribution in [0.25, 0.3) is 0 Å². The van der Waals surface area contributed by atoms with Crippen molar-refractivity contribution in [3.05, 3.63) is 45.8 Å². The van der Waals surface area contributed by atoms with E-state index in [1.54, 1.807) is 13.0 Å². The molecule has 0 saturated carbocycles. The number of halogens is 2. The number of nitrogens with two attached hydrogens (primary N) is 1. The SMILES string of the molecule is Cc1nc(Cl)nc(OCc2cccc(Cl)c2)c1N. The van der Waals surface area contributed by atoms with Crippen LogP contribution in [-0.2, 0) is 6.61 Å². The largest absolute Gasteiger partial charge is 0.471 e. The fourth-order valence-electron chi connectivity index (χ4n) is 1.41. The van der Waals surface area contributed by atoms with Gasteiger partial charge in [0.05, 0.1) is 5.69 Å². The molecule has 2 N–H and O–H groups in total. The van der Waals surface area contributed by atoms with E-state index in [4.69, 9.17) is 33.7 Å². The van der Waals surface area contributed by atoms with Crippen molar-refractivity contribution in [2.24, 2.45) is 0 Å². The molecular weight excluding hydrogens is 273 g/mol. The molecule has 1 aromatic carbocycles. The second-order valence-electron chi connectivity index (χ2n) is 3.72. The van der Waals surface area contributed by atoms with Crippen molar-refractivity contribution < 1.29 is 4.74 Å². The molecule has 6 heteroatoms. The molecule has 0 bridgehead atoms. The molecule has 0 unspecified atom stereocenters. The van der Waals surface area contributed by atoms with Gasteiger partial charge in [-0.25, -0.2) is 4.98 Å². The maximum atomic E-state index is 5.88. The second-order valence-corrected chi connectivity index (χ2v) is 4.49. The molecule has 0 aliphatic heterocycles. The first kappa shape index (κ1) is 12.9. The summed E-state index contributed by atoms with van der Waals surface area (Å²) in [4.78, 5) is 7.88. The Morgan fingerprint density at radius 1 is 1.28 bits per heavy atom. The average Bonchev–Trinajstić information content (AvgIpc) is 2.32. The number of aryl methyl sites for hydroxylation is 1. The van der Waals surface area contributed by atoms with Gasteiger partial charge in [-0.15, -0.1) is 0 Å². The first-order chi connectivity index (χ1) is 8.56. The van der Waals surface area contributed by atoms with Crippen LogP contribution in [0, 0.1) is 6.92 Å². The highest BCUT2D eigenvalue weighted by molar-refractivity contribution is 6.30. The molecule has 1 aromatic heterocycles.